The van der Waals surface area contributed by atoms with E-state index in [-0.39, 0.29) is 5.92 Å². The highest BCUT2D eigenvalue weighted by atomic mass is 15.1. The SMILES string of the molecule is C1=CC(c2ccc(N(c3cccc4ccccc34)c3cccc4ccccc34)cc2)C2=CCc3cccc4ccc1c2c34. The Morgan fingerprint density at radius 2 is 1.16 bits per heavy atom. The van der Waals surface area contributed by atoms with Gasteiger partial charge in [0, 0.05) is 22.4 Å². The normalized spacial score (nSPS) is 15.2. The van der Waals surface area contributed by atoms with Crippen LogP contribution in [0, 0.1) is 0 Å². The van der Waals surface area contributed by atoms with Crippen LogP contribution < -0.4 is 4.90 Å². The number of hydrogen-bond acceptors (Lipinski definition) is 1. The van der Waals surface area contributed by atoms with E-state index in [1.165, 1.54) is 71.5 Å². The molecule has 7 aromatic carbocycles. The molecule has 202 valence electrons. The van der Waals surface area contributed by atoms with E-state index in [1.807, 2.05) is 0 Å². The van der Waals surface area contributed by atoms with Gasteiger partial charge in [-0.15, -0.1) is 0 Å². The fourth-order valence-electron chi connectivity index (χ4n) is 7.33. The Hall–Kier alpha value is -5.40. The molecule has 1 atom stereocenters. The van der Waals surface area contributed by atoms with E-state index in [4.69, 9.17) is 0 Å². The first-order chi connectivity index (χ1) is 21.3. The maximum absolute atomic E-state index is 2.46. The van der Waals surface area contributed by atoms with Crippen LogP contribution in [0.4, 0.5) is 17.1 Å². The number of hydrogen-bond donors (Lipinski definition) is 0. The molecule has 0 saturated carbocycles. The molecule has 2 aliphatic rings. The summed E-state index contributed by atoms with van der Waals surface area (Å²) in [5.74, 6) is 0.240. The molecule has 0 bridgehead atoms. The molecule has 0 aromatic heterocycles. The van der Waals surface area contributed by atoms with Crippen LogP contribution in [0.15, 0.2) is 152 Å². The highest BCUT2D eigenvalue weighted by Crippen LogP contribution is 2.47. The van der Waals surface area contributed by atoms with Crippen LogP contribution in [0.2, 0.25) is 0 Å². The quantitative estimate of drug-likeness (QED) is 0.212. The van der Waals surface area contributed by atoms with Gasteiger partial charge < -0.3 is 4.90 Å². The topological polar surface area (TPSA) is 3.24 Å². The molecule has 7 aromatic rings. The summed E-state index contributed by atoms with van der Waals surface area (Å²) in [7, 11) is 0. The van der Waals surface area contributed by atoms with Gasteiger partial charge in [0.25, 0.3) is 0 Å². The van der Waals surface area contributed by atoms with Gasteiger partial charge in [0.15, 0.2) is 0 Å². The van der Waals surface area contributed by atoms with E-state index in [2.05, 4.69) is 163 Å². The lowest BCUT2D eigenvalue weighted by Gasteiger charge is -2.30. The number of benzene rings is 7. The molecule has 43 heavy (non-hydrogen) atoms. The zero-order valence-corrected chi connectivity index (χ0v) is 23.7. The first-order valence-corrected chi connectivity index (χ1v) is 15.1. The minimum absolute atomic E-state index is 0.240. The highest BCUT2D eigenvalue weighted by molar-refractivity contribution is 6.06. The lowest BCUT2D eigenvalue weighted by atomic mass is 9.75. The molecular formula is C42H29N. The third-order valence-corrected chi connectivity index (χ3v) is 9.32. The van der Waals surface area contributed by atoms with Crippen LogP contribution >= 0.6 is 0 Å². The summed E-state index contributed by atoms with van der Waals surface area (Å²) in [6.07, 6.45) is 8.16. The van der Waals surface area contributed by atoms with E-state index in [0.29, 0.717) is 0 Å². The standard InChI is InChI=1S/C42H29N/c1-3-14-36-28(8-1)10-6-16-39(36)43(40-17-7-11-29-9-2-4-15-37(29)40)34-24-20-30(21-25-34)35-26-22-33-19-18-31-12-5-13-32-23-27-38(35)42(33)41(31)32/h1-22,24-27,35H,23H2. The lowest BCUT2D eigenvalue weighted by Crippen LogP contribution is -2.12. The Morgan fingerprint density at radius 1 is 0.535 bits per heavy atom. The number of anilines is 3. The number of allylic oxidation sites excluding steroid dienone is 3. The Morgan fingerprint density at radius 3 is 1.88 bits per heavy atom. The number of fused-ring (bicyclic) bond motifs is 2. The van der Waals surface area contributed by atoms with E-state index in [1.54, 1.807) is 0 Å². The Bertz CT molecular complexity index is 2180. The van der Waals surface area contributed by atoms with Gasteiger partial charge in [-0.1, -0.05) is 133 Å². The van der Waals surface area contributed by atoms with Gasteiger partial charge in [-0.05, 0) is 80.1 Å². The van der Waals surface area contributed by atoms with Crippen molar-refractivity contribution in [2.24, 2.45) is 0 Å². The average Bonchev–Trinajstić information content (AvgIpc) is 3.08. The molecule has 0 spiro atoms. The van der Waals surface area contributed by atoms with Gasteiger partial charge in [-0.25, -0.2) is 0 Å². The second kappa shape index (κ2) is 9.58. The summed E-state index contributed by atoms with van der Waals surface area (Å²) >= 11 is 0. The van der Waals surface area contributed by atoms with E-state index in [9.17, 15) is 0 Å². The largest absolute Gasteiger partial charge is 0.309 e. The fraction of sp³-hybridized carbons (Fsp3) is 0.0476. The van der Waals surface area contributed by atoms with Gasteiger partial charge >= 0.3 is 0 Å². The zero-order valence-electron chi connectivity index (χ0n) is 23.7. The van der Waals surface area contributed by atoms with E-state index < -0.39 is 0 Å². The summed E-state index contributed by atoms with van der Waals surface area (Å²) < 4.78 is 0. The Labute approximate surface area is 251 Å². The van der Waals surface area contributed by atoms with Crippen LogP contribution in [0.25, 0.3) is 44.0 Å². The van der Waals surface area contributed by atoms with Crippen molar-refractivity contribution in [3.05, 3.63) is 174 Å². The van der Waals surface area contributed by atoms with Crippen molar-refractivity contribution in [3.8, 4) is 0 Å². The maximum atomic E-state index is 2.46. The van der Waals surface area contributed by atoms with Crippen molar-refractivity contribution in [1.29, 1.82) is 0 Å². The molecule has 1 heteroatoms. The minimum atomic E-state index is 0.240. The molecule has 0 radical (unpaired) electrons. The first-order valence-electron chi connectivity index (χ1n) is 15.1. The van der Waals surface area contributed by atoms with Crippen molar-refractivity contribution < 1.29 is 0 Å². The maximum Gasteiger partial charge on any atom is 0.0540 e. The number of nitrogens with zero attached hydrogens (tertiary/aromatic N) is 1. The van der Waals surface area contributed by atoms with E-state index >= 15 is 0 Å². The number of rotatable bonds is 4. The van der Waals surface area contributed by atoms with Crippen LogP contribution in [0.5, 0.6) is 0 Å². The predicted molar refractivity (Wildman–Crippen MR) is 184 cm³/mol. The fourth-order valence-corrected chi connectivity index (χ4v) is 7.33. The van der Waals surface area contributed by atoms with Crippen molar-refractivity contribution in [2.45, 2.75) is 12.3 Å². The van der Waals surface area contributed by atoms with Gasteiger partial charge in [0.2, 0.25) is 0 Å². The molecule has 0 saturated heterocycles. The Balaban J connectivity index is 1.19. The molecule has 0 N–H and O–H groups in total. The molecule has 1 unspecified atom stereocenters. The van der Waals surface area contributed by atoms with Crippen LogP contribution in [0.1, 0.15) is 28.2 Å². The Kier molecular flexibility index (Phi) is 5.39. The molecule has 9 rings (SSSR count). The third kappa shape index (κ3) is 3.78. The molecule has 0 heterocycles. The van der Waals surface area contributed by atoms with Crippen LogP contribution in [-0.4, -0.2) is 0 Å². The van der Waals surface area contributed by atoms with Crippen molar-refractivity contribution in [3.63, 3.8) is 0 Å². The molecule has 2 aliphatic carbocycles. The van der Waals surface area contributed by atoms with Gasteiger partial charge in [-0.3, -0.25) is 0 Å². The highest BCUT2D eigenvalue weighted by Gasteiger charge is 2.27. The summed E-state index contributed by atoms with van der Waals surface area (Å²) in [6, 6.07) is 51.1. The summed E-state index contributed by atoms with van der Waals surface area (Å²) in [5.41, 5.74) is 10.5. The van der Waals surface area contributed by atoms with Gasteiger partial charge in [0.1, 0.15) is 0 Å². The summed E-state index contributed by atoms with van der Waals surface area (Å²) in [6.45, 7) is 0. The van der Waals surface area contributed by atoms with E-state index in [0.717, 1.165) is 12.1 Å². The third-order valence-electron chi connectivity index (χ3n) is 9.32. The first kappa shape index (κ1) is 24.2. The van der Waals surface area contributed by atoms with Crippen LogP contribution in [-0.2, 0) is 6.42 Å². The zero-order chi connectivity index (χ0) is 28.3. The van der Waals surface area contributed by atoms with Gasteiger partial charge in [-0.2, -0.15) is 0 Å². The van der Waals surface area contributed by atoms with Crippen molar-refractivity contribution in [2.75, 3.05) is 4.90 Å². The second-order valence-corrected chi connectivity index (χ2v) is 11.7. The lowest BCUT2D eigenvalue weighted by molar-refractivity contribution is 1.07. The van der Waals surface area contributed by atoms with Gasteiger partial charge in [0.05, 0.1) is 11.4 Å². The summed E-state index contributed by atoms with van der Waals surface area (Å²) in [4.78, 5) is 2.43. The molecule has 0 amide bonds. The smallest absolute Gasteiger partial charge is 0.0540 e. The monoisotopic (exact) mass is 547 g/mol. The molecular weight excluding hydrogens is 518 g/mol. The second-order valence-electron chi connectivity index (χ2n) is 11.7. The van der Waals surface area contributed by atoms with Crippen LogP contribution in [0.3, 0.4) is 0 Å². The molecule has 1 nitrogen and oxygen atoms in total. The molecule has 0 fully saturated rings. The predicted octanol–water partition coefficient (Wildman–Crippen LogP) is 11.4. The van der Waals surface area contributed by atoms with Crippen molar-refractivity contribution >= 4 is 61.0 Å². The average molecular weight is 548 g/mol. The molecule has 0 aliphatic heterocycles. The summed E-state index contributed by atoms with van der Waals surface area (Å²) in [5, 5.41) is 7.73. The van der Waals surface area contributed by atoms with Crippen molar-refractivity contribution in [1.82, 2.24) is 0 Å². The minimum Gasteiger partial charge on any atom is -0.309 e.